The van der Waals surface area contributed by atoms with Crippen LogP contribution in [0.4, 0.5) is 0 Å². The summed E-state index contributed by atoms with van der Waals surface area (Å²) in [5.41, 5.74) is 2.51. The largest absolute Gasteiger partial charge is 0.396 e. The molecule has 5 rings (SSSR count). The second kappa shape index (κ2) is 8.47. The molecule has 0 unspecified atom stereocenters. The van der Waals surface area contributed by atoms with Gasteiger partial charge in [0.2, 0.25) is 0 Å². The highest BCUT2D eigenvalue weighted by Crippen LogP contribution is 2.51. The fourth-order valence-electron chi connectivity index (χ4n) is 5.31. The summed E-state index contributed by atoms with van der Waals surface area (Å²) >= 11 is 3.75. The van der Waals surface area contributed by atoms with Crippen molar-refractivity contribution in [3.63, 3.8) is 0 Å². The van der Waals surface area contributed by atoms with Crippen LogP contribution in [0, 0.1) is 5.41 Å². The van der Waals surface area contributed by atoms with E-state index in [0.29, 0.717) is 18.4 Å². The lowest BCUT2D eigenvalue weighted by atomic mass is 9.74. The van der Waals surface area contributed by atoms with Gasteiger partial charge in [0.1, 0.15) is 5.60 Å². The Hall–Kier alpha value is -2.46. The number of allylic oxidation sites excluding steroid dienone is 1. The van der Waals surface area contributed by atoms with Gasteiger partial charge in [-0.3, -0.25) is 0 Å². The van der Waals surface area contributed by atoms with Gasteiger partial charge < -0.3 is 9.84 Å². The molecular formula is C29H27BrO2. The van der Waals surface area contributed by atoms with Crippen molar-refractivity contribution in [2.45, 2.75) is 18.4 Å². The average molecular weight is 487 g/mol. The predicted octanol–water partition coefficient (Wildman–Crippen LogP) is 7.09. The molecule has 1 aliphatic rings. The molecule has 2 nitrogen and oxygen atoms in total. The van der Waals surface area contributed by atoms with E-state index >= 15 is 0 Å². The van der Waals surface area contributed by atoms with Crippen molar-refractivity contribution in [2.24, 2.45) is 5.41 Å². The summed E-state index contributed by atoms with van der Waals surface area (Å²) in [4.78, 5) is 0. The van der Waals surface area contributed by atoms with E-state index in [-0.39, 0.29) is 12.0 Å². The van der Waals surface area contributed by atoms with Crippen LogP contribution in [0.2, 0.25) is 0 Å². The first-order valence-corrected chi connectivity index (χ1v) is 12.2. The highest BCUT2D eigenvalue weighted by Gasteiger charge is 2.50. The van der Waals surface area contributed by atoms with Crippen molar-refractivity contribution in [2.75, 3.05) is 18.5 Å². The van der Waals surface area contributed by atoms with Crippen LogP contribution < -0.4 is 0 Å². The van der Waals surface area contributed by atoms with Gasteiger partial charge in [0.15, 0.2) is 0 Å². The smallest absolute Gasteiger partial charge is 0.104 e. The first-order valence-electron chi connectivity index (χ1n) is 11.0. The fraction of sp³-hybridized carbons (Fsp3) is 0.241. The van der Waals surface area contributed by atoms with E-state index in [1.807, 2.05) is 0 Å². The Kier molecular flexibility index (Phi) is 5.66. The van der Waals surface area contributed by atoms with Crippen LogP contribution >= 0.6 is 15.9 Å². The predicted molar refractivity (Wildman–Crippen MR) is 137 cm³/mol. The van der Waals surface area contributed by atoms with Gasteiger partial charge in [-0.05, 0) is 51.1 Å². The van der Waals surface area contributed by atoms with Crippen molar-refractivity contribution in [3.05, 3.63) is 103 Å². The molecule has 2 atom stereocenters. The zero-order valence-corrected chi connectivity index (χ0v) is 19.6. The molecule has 32 heavy (non-hydrogen) atoms. The summed E-state index contributed by atoms with van der Waals surface area (Å²) in [5.74, 6) is 0. The maximum absolute atomic E-state index is 10.6. The molecule has 3 heteroatoms. The maximum Gasteiger partial charge on any atom is 0.104 e. The minimum absolute atomic E-state index is 0.0658. The summed E-state index contributed by atoms with van der Waals surface area (Å²) in [6.07, 6.45) is 1.43. The van der Waals surface area contributed by atoms with Gasteiger partial charge >= 0.3 is 0 Å². The number of halogens is 1. The highest BCUT2D eigenvalue weighted by atomic mass is 79.9. The van der Waals surface area contributed by atoms with Crippen LogP contribution in [0.1, 0.15) is 24.0 Å². The molecule has 4 aromatic carbocycles. The number of hydrogen-bond acceptors (Lipinski definition) is 2. The Balaban J connectivity index is 1.50. The number of fused-ring (bicyclic) bond motifs is 2. The number of hydrogen-bond donors (Lipinski definition) is 1. The summed E-state index contributed by atoms with van der Waals surface area (Å²) < 4.78 is 6.57. The van der Waals surface area contributed by atoms with Crippen LogP contribution in [-0.4, -0.2) is 23.7 Å². The standard InChI is InChI=1S/C29H27BrO2/c1-21(24-14-6-10-22-8-2-4-12-25(22)24)16-28(19-31)17-29(18-30,32-20-28)27-15-7-11-23-9-3-5-13-26(23)27/h2-15,31H,1,16-20H2/t28-,29-/m1/s1. The van der Waals surface area contributed by atoms with Gasteiger partial charge in [0.25, 0.3) is 0 Å². The molecule has 0 aromatic heterocycles. The Morgan fingerprint density at radius 2 is 1.50 bits per heavy atom. The summed E-state index contributed by atoms with van der Waals surface area (Å²) in [7, 11) is 0. The molecule has 0 aliphatic carbocycles. The maximum atomic E-state index is 10.6. The molecule has 1 aliphatic heterocycles. The zero-order valence-electron chi connectivity index (χ0n) is 18.1. The highest BCUT2D eigenvalue weighted by molar-refractivity contribution is 9.09. The van der Waals surface area contributed by atoms with Gasteiger partial charge in [-0.2, -0.15) is 0 Å². The molecule has 0 bridgehead atoms. The molecule has 162 valence electrons. The Morgan fingerprint density at radius 3 is 2.22 bits per heavy atom. The van der Waals surface area contributed by atoms with Gasteiger partial charge in [-0.15, -0.1) is 0 Å². The van der Waals surface area contributed by atoms with Crippen LogP contribution in [0.25, 0.3) is 27.1 Å². The van der Waals surface area contributed by atoms with Gasteiger partial charge in [0, 0.05) is 10.7 Å². The number of aliphatic hydroxyl groups excluding tert-OH is 1. The van der Waals surface area contributed by atoms with Gasteiger partial charge in [-0.25, -0.2) is 0 Å². The molecule has 0 spiro atoms. The van der Waals surface area contributed by atoms with Crippen LogP contribution in [-0.2, 0) is 10.3 Å². The number of benzene rings is 4. The zero-order chi connectivity index (χ0) is 22.2. The molecule has 4 aromatic rings. The summed E-state index contributed by atoms with van der Waals surface area (Å²) in [5, 5.41) is 16.1. The van der Waals surface area contributed by atoms with Crippen LogP contribution in [0.15, 0.2) is 91.5 Å². The number of rotatable bonds is 6. The van der Waals surface area contributed by atoms with Gasteiger partial charge in [-0.1, -0.05) is 107 Å². The number of alkyl halides is 1. The molecule has 0 radical (unpaired) electrons. The van der Waals surface area contributed by atoms with E-state index in [9.17, 15) is 5.11 Å². The fourth-order valence-corrected chi connectivity index (χ4v) is 5.97. The quantitative estimate of drug-likeness (QED) is 0.295. The van der Waals surface area contributed by atoms with Crippen molar-refractivity contribution in [3.8, 4) is 0 Å². The second-order valence-corrected chi connectivity index (χ2v) is 9.65. The minimum Gasteiger partial charge on any atom is -0.396 e. The molecule has 1 N–H and O–H groups in total. The summed E-state index contributed by atoms with van der Waals surface area (Å²) in [6.45, 7) is 5.02. The third-order valence-electron chi connectivity index (χ3n) is 6.91. The van der Waals surface area contributed by atoms with Crippen molar-refractivity contribution < 1.29 is 9.84 Å². The Bertz CT molecular complexity index is 1290. The third-order valence-corrected chi connectivity index (χ3v) is 7.81. The van der Waals surface area contributed by atoms with Crippen molar-refractivity contribution in [1.82, 2.24) is 0 Å². The molecule has 0 saturated carbocycles. The Morgan fingerprint density at radius 1 is 0.875 bits per heavy atom. The monoisotopic (exact) mass is 486 g/mol. The second-order valence-electron chi connectivity index (χ2n) is 9.09. The SMILES string of the molecule is C=C(C[C@@]1(CO)CO[C@](CBr)(c2cccc3ccccc23)C1)c1cccc2ccccc12. The Labute approximate surface area is 197 Å². The normalized spacial score (nSPS) is 23.1. The molecular weight excluding hydrogens is 460 g/mol. The topological polar surface area (TPSA) is 29.5 Å². The molecule has 1 heterocycles. The number of ether oxygens (including phenoxy) is 1. The molecule has 0 amide bonds. The number of aliphatic hydroxyl groups is 1. The summed E-state index contributed by atoms with van der Waals surface area (Å²) in [6, 6.07) is 29.6. The van der Waals surface area contributed by atoms with E-state index in [1.165, 1.54) is 27.1 Å². The van der Waals surface area contributed by atoms with E-state index in [2.05, 4.69) is 107 Å². The molecule has 1 saturated heterocycles. The lowest BCUT2D eigenvalue weighted by Gasteiger charge is -2.31. The minimum atomic E-state index is -0.484. The van der Waals surface area contributed by atoms with Crippen LogP contribution in [0.5, 0.6) is 0 Å². The average Bonchev–Trinajstić information content (AvgIpc) is 3.23. The lowest BCUT2D eigenvalue weighted by molar-refractivity contribution is 0.0157. The first-order chi connectivity index (χ1) is 15.6. The van der Waals surface area contributed by atoms with Crippen molar-refractivity contribution >= 4 is 43.0 Å². The first kappa shape index (κ1) is 21.4. The molecule has 1 fully saturated rings. The van der Waals surface area contributed by atoms with Gasteiger partial charge in [0.05, 0.1) is 13.2 Å². The third kappa shape index (κ3) is 3.59. The lowest BCUT2D eigenvalue weighted by Crippen LogP contribution is -2.31. The van der Waals surface area contributed by atoms with E-state index in [1.54, 1.807) is 0 Å². The van der Waals surface area contributed by atoms with E-state index in [0.717, 1.165) is 17.6 Å². The van der Waals surface area contributed by atoms with E-state index in [4.69, 9.17) is 4.74 Å². The van der Waals surface area contributed by atoms with E-state index < -0.39 is 5.60 Å². The van der Waals surface area contributed by atoms with Crippen LogP contribution in [0.3, 0.4) is 0 Å². The van der Waals surface area contributed by atoms with Crippen molar-refractivity contribution in [1.29, 1.82) is 0 Å².